The lowest BCUT2D eigenvalue weighted by Crippen LogP contribution is -2.61. The first-order valence-corrected chi connectivity index (χ1v) is 12.1. The molecule has 6 nitrogen and oxygen atoms in total. The smallest absolute Gasteiger partial charge is 0.369 e. The summed E-state index contributed by atoms with van der Waals surface area (Å²) < 4.78 is 39.1. The van der Waals surface area contributed by atoms with Crippen molar-refractivity contribution < 1.29 is 22.8 Å². The third kappa shape index (κ3) is 5.06. The van der Waals surface area contributed by atoms with Crippen LogP contribution >= 0.6 is 0 Å². The van der Waals surface area contributed by atoms with Gasteiger partial charge in [0, 0.05) is 45.0 Å². The highest BCUT2D eigenvalue weighted by Crippen LogP contribution is 2.32. The molecular formula is C26H29F3N4O2. The maximum atomic E-state index is 13.1. The number of hydrogen-bond donors (Lipinski definition) is 0. The SMILES string of the molecule is O=C1CN2Cc3ccccc3CC2C(=O)N1CCCN1CCN(c2cccc(C(F)(F)F)c2)CC1. The van der Waals surface area contributed by atoms with Crippen molar-refractivity contribution in [3.8, 4) is 0 Å². The molecule has 2 aromatic rings. The van der Waals surface area contributed by atoms with Crippen LogP contribution in [0.15, 0.2) is 48.5 Å². The molecule has 35 heavy (non-hydrogen) atoms. The molecule has 1 unspecified atom stereocenters. The normalized spacial score (nSPS) is 21.7. The fourth-order valence-electron chi connectivity index (χ4n) is 5.34. The van der Waals surface area contributed by atoms with E-state index >= 15 is 0 Å². The minimum absolute atomic E-state index is 0.106. The van der Waals surface area contributed by atoms with Crippen LogP contribution < -0.4 is 4.90 Å². The molecule has 186 valence electrons. The fraction of sp³-hybridized carbons (Fsp3) is 0.462. The van der Waals surface area contributed by atoms with Gasteiger partial charge in [0.2, 0.25) is 11.8 Å². The van der Waals surface area contributed by atoms with E-state index in [-0.39, 0.29) is 24.4 Å². The monoisotopic (exact) mass is 486 g/mol. The second kappa shape index (κ2) is 9.62. The van der Waals surface area contributed by atoms with E-state index in [1.165, 1.54) is 28.2 Å². The second-order valence-electron chi connectivity index (χ2n) is 9.51. The maximum Gasteiger partial charge on any atom is 0.416 e. The van der Waals surface area contributed by atoms with Gasteiger partial charge in [0.25, 0.3) is 0 Å². The Balaban J connectivity index is 1.11. The molecular weight excluding hydrogens is 457 g/mol. The lowest BCUT2D eigenvalue weighted by Gasteiger charge is -2.42. The van der Waals surface area contributed by atoms with E-state index in [2.05, 4.69) is 17.0 Å². The number of anilines is 1. The maximum absolute atomic E-state index is 13.1. The second-order valence-corrected chi connectivity index (χ2v) is 9.51. The van der Waals surface area contributed by atoms with Gasteiger partial charge in [0.15, 0.2) is 0 Å². The molecule has 3 aliphatic rings. The third-order valence-electron chi connectivity index (χ3n) is 7.30. The van der Waals surface area contributed by atoms with Crippen molar-refractivity contribution in [1.29, 1.82) is 0 Å². The molecule has 3 aliphatic heterocycles. The standard InChI is InChI=1S/C26H29F3N4O2/c27-26(28,29)21-7-3-8-22(16-21)31-13-11-30(12-14-31)9-4-10-33-24(34)18-32-17-20-6-2-1-5-19(20)15-23(32)25(33)35/h1-3,5-8,16,23H,4,9-15,17-18H2. The third-order valence-corrected chi connectivity index (χ3v) is 7.30. The lowest BCUT2D eigenvalue weighted by atomic mass is 9.91. The van der Waals surface area contributed by atoms with Crippen LogP contribution in [-0.4, -0.2) is 78.4 Å². The van der Waals surface area contributed by atoms with Gasteiger partial charge < -0.3 is 4.90 Å². The number of hydrogen-bond acceptors (Lipinski definition) is 5. The Morgan fingerprint density at radius 2 is 1.60 bits per heavy atom. The molecule has 9 heteroatoms. The van der Waals surface area contributed by atoms with Crippen molar-refractivity contribution in [3.63, 3.8) is 0 Å². The summed E-state index contributed by atoms with van der Waals surface area (Å²) in [6, 6.07) is 13.3. The minimum Gasteiger partial charge on any atom is -0.369 e. The number of fused-ring (bicyclic) bond motifs is 2. The van der Waals surface area contributed by atoms with Crippen LogP contribution in [0.4, 0.5) is 18.9 Å². The molecule has 0 spiro atoms. The summed E-state index contributed by atoms with van der Waals surface area (Å²) in [4.78, 5) is 33.5. The summed E-state index contributed by atoms with van der Waals surface area (Å²) in [5, 5.41) is 0. The number of carbonyl (C=O) groups is 2. The Morgan fingerprint density at radius 1 is 0.857 bits per heavy atom. The quantitative estimate of drug-likeness (QED) is 0.609. The average molecular weight is 487 g/mol. The molecule has 1 atom stereocenters. The number of rotatable bonds is 5. The molecule has 0 aromatic heterocycles. The van der Waals surface area contributed by atoms with E-state index < -0.39 is 11.7 Å². The number of halogens is 3. The zero-order valence-electron chi connectivity index (χ0n) is 19.5. The van der Waals surface area contributed by atoms with Gasteiger partial charge >= 0.3 is 6.18 Å². The summed E-state index contributed by atoms with van der Waals surface area (Å²) >= 11 is 0. The minimum atomic E-state index is -4.35. The highest BCUT2D eigenvalue weighted by molar-refractivity contribution is 6.01. The first-order valence-electron chi connectivity index (χ1n) is 12.1. The first-order chi connectivity index (χ1) is 16.8. The molecule has 2 amide bonds. The fourth-order valence-corrected chi connectivity index (χ4v) is 5.34. The van der Waals surface area contributed by atoms with Crippen LogP contribution in [0, 0.1) is 0 Å². The number of nitrogens with zero attached hydrogens (tertiary/aromatic N) is 4. The Bertz CT molecular complexity index is 1100. The van der Waals surface area contributed by atoms with Crippen molar-refractivity contribution in [2.45, 2.75) is 31.6 Å². The predicted octanol–water partition coefficient (Wildman–Crippen LogP) is 3.01. The average Bonchev–Trinajstić information content (AvgIpc) is 2.85. The number of alkyl halides is 3. The molecule has 2 fully saturated rings. The zero-order valence-corrected chi connectivity index (χ0v) is 19.5. The lowest BCUT2D eigenvalue weighted by molar-refractivity contribution is -0.156. The van der Waals surface area contributed by atoms with Gasteiger partial charge in [0.05, 0.1) is 18.2 Å². The number of piperazine rings is 2. The Labute approximate surface area is 202 Å². The van der Waals surface area contributed by atoms with Crippen molar-refractivity contribution in [2.75, 3.05) is 50.7 Å². The number of carbonyl (C=O) groups excluding carboxylic acids is 2. The molecule has 0 saturated carbocycles. The van der Waals surface area contributed by atoms with Crippen molar-refractivity contribution >= 4 is 17.5 Å². The van der Waals surface area contributed by atoms with Gasteiger partial charge in [-0.2, -0.15) is 13.2 Å². The number of benzene rings is 2. The van der Waals surface area contributed by atoms with E-state index in [1.54, 1.807) is 6.07 Å². The van der Waals surface area contributed by atoms with Crippen molar-refractivity contribution in [2.24, 2.45) is 0 Å². The van der Waals surface area contributed by atoms with Crippen LogP contribution in [0.1, 0.15) is 23.1 Å². The molecule has 5 rings (SSSR count). The van der Waals surface area contributed by atoms with Crippen LogP contribution in [-0.2, 0) is 28.7 Å². The van der Waals surface area contributed by atoms with Crippen molar-refractivity contribution in [3.05, 3.63) is 65.2 Å². The highest BCUT2D eigenvalue weighted by atomic mass is 19.4. The van der Waals surface area contributed by atoms with Crippen LogP contribution in [0.25, 0.3) is 0 Å². The summed E-state index contributed by atoms with van der Waals surface area (Å²) in [6.45, 7) is 4.76. The summed E-state index contributed by atoms with van der Waals surface area (Å²) in [7, 11) is 0. The Hall–Kier alpha value is -2.91. The predicted molar refractivity (Wildman–Crippen MR) is 126 cm³/mol. The van der Waals surface area contributed by atoms with E-state index in [9.17, 15) is 22.8 Å². The molecule has 0 radical (unpaired) electrons. The Morgan fingerprint density at radius 3 is 2.34 bits per heavy atom. The van der Waals surface area contributed by atoms with Crippen LogP contribution in [0.3, 0.4) is 0 Å². The number of imide groups is 1. The van der Waals surface area contributed by atoms with Gasteiger partial charge in [-0.3, -0.25) is 24.3 Å². The largest absolute Gasteiger partial charge is 0.416 e. The first kappa shape index (κ1) is 23.8. The van der Waals surface area contributed by atoms with Gasteiger partial charge in [-0.1, -0.05) is 30.3 Å². The van der Waals surface area contributed by atoms with Crippen molar-refractivity contribution in [1.82, 2.24) is 14.7 Å². The van der Waals surface area contributed by atoms with E-state index in [1.807, 2.05) is 21.9 Å². The van der Waals surface area contributed by atoms with E-state index in [0.717, 1.165) is 25.7 Å². The summed E-state index contributed by atoms with van der Waals surface area (Å²) in [5.74, 6) is -0.245. The molecule has 0 bridgehead atoms. The highest BCUT2D eigenvalue weighted by Gasteiger charge is 2.41. The van der Waals surface area contributed by atoms with Gasteiger partial charge in [-0.25, -0.2) is 0 Å². The zero-order chi connectivity index (χ0) is 24.6. The number of amides is 2. The molecule has 0 aliphatic carbocycles. The topological polar surface area (TPSA) is 47.1 Å². The molecule has 3 heterocycles. The molecule has 2 aromatic carbocycles. The molecule has 0 N–H and O–H groups in total. The van der Waals surface area contributed by atoms with Crippen LogP contribution in [0.2, 0.25) is 0 Å². The van der Waals surface area contributed by atoms with E-state index in [4.69, 9.17) is 0 Å². The van der Waals surface area contributed by atoms with Gasteiger partial charge in [-0.15, -0.1) is 0 Å². The van der Waals surface area contributed by atoms with Gasteiger partial charge in [0.1, 0.15) is 0 Å². The summed E-state index contributed by atoms with van der Waals surface area (Å²) in [5.41, 5.74) is 2.31. The molecule has 2 saturated heterocycles. The Kier molecular flexibility index (Phi) is 6.55. The van der Waals surface area contributed by atoms with Crippen LogP contribution in [0.5, 0.6) is 0 Å². The van der Waals surface area contributed by atoms with E-state index in [0.29, 0.717) is 44.7 Å². The van der Waals surface area contributed by atoms with Gasteiger partial charge in [-0.05, 0) is 48.7 Å². The summed E-state index contributed by atoms with van der Waals surface area (Å²) in [6.07, 6.45) is -3.03.